The van der Waals surface area contributed by atoms with Crippen LogP contribution < -0.4 is 10.1 Å². The Bertz CT molecular complexity index is 789. The number of carbonyl (C=O) groups is 2. The van der Waals surface area contributed by atoms with Gasteiger partial charge in [-0.05, 0) is 32.3 Å². The molecular weight excluding hydrogens is 385 g/mol. The van der Waals surface area contributed by atoms with Crippen molar-refractivity contribution in [1.82, 2.24) is 5.32 Å². The van der Waals surface area contributed by atoms with E-state index in [0.717, 1.165) is 11.1 Å². The first-order chi connectivity index (χ1) is 13.3. The lowest BCUT2D eigenvalue weighted by atomic mass is 9.94. The van der Waals surface area contributed by atoms with Crippen molar-refractivity contribution in [2.24, 2.45) is 0 Å². The summed E-state index contributed by atoms with van der Waals surface area (Å²) in [5.41, 5.74) is 3.08. The fourth-order valence-electron chi connectivity index (χ4n) is 3.10. The zero-order valence-corrected chi connectivity index (χ0v) is 17.1. The fraction of sp³-hybridized carbons (Fsp3) is 0.474. The van der Waals surface area contributed by atoms with Crippen LogP contribution >= 0.6 is 8.38 Å². The maximum Gasteiger partial charge on any atom is 0.342 e. The summed E-state index contributed by atoms with van der Waals surface area (Å²) in [6, 6.07) is 0. The first-order valence-electron chi connectivity index (χ1n) is 8.92. The number of amides is 1. The Morgan fingerprint density at radius 1 is 1.36 bits per heavy atom. The number of hydrogen-bond donors (Lipinski definition) is 4. The van der Waals surface area contributed by atoms with Crippen molar-refractivity contribution < 1.29 is 34.0 Å². The van der Waals surface area contributed by atoms with Gasteiger partial charge in [-0.2, -0.15) is 0 Å². The summed E-state index contributed by atoms with van der Waals surface area (Å²) in [6.45, 7) is 4.07. The molecule has 1 amide bonds. The van der Waals surface area contributed by atoms with E-state index < -0.39 is 14.3 Å². The summed E-state index contributed by atoms with van der Waals surface area (Å²) >= 11 is 0. The van der Waals surface area contributed by atoms with Crippen LogP contribution in [0.25, 0.3) is 0 Å². The number of nitrogens with one attached hydrogen (secondary N) is 1. The Labute approximate surface area is 165 Å². The number of phenols is 1. The molecule has 8 nitrogen and oxygen atoms in total. The van der Waals surface area contributed by atoms with Crippen LogP contribution in [0.3, 0.4) is 0 Å². The van der Waals surface area contributed by atoms with Crippen LogP contribution in [0.4, 0.5) is 0 Å². The summed E-state index contributed by atoms with van der Waals surface area (Å²) in [6.07, 6.45) is 3.18. The number of allylic oxidation sites excluding steroid dienone is 2. The topological polar surface area (TPSA) is 125 Å². The highest BCUT2D eigenvalue weighted by Crippen LogP contribution is 2.42. The van der Waals surface area contributed by atoms with Crippen LogP contribution in [-0.2, 0) is 22.6 Å². The minimum Gasteiger partial charge on any atom is -0.507 e. The lowest BCUT2D eigenvalue weighted by Gasteiger charge is -2.15. The molecule has 0 fully saturated rings. The van der Waals surface area contributed by atoms with Gasteiger partial charge in [-0.25, -0.2) is 4.79 Å². The number of esters is 1. The van der Waals surface area contributed by atoms with Crippen molar-refractivity contribution in [2.45, 2.75) is 39.7 Å². The monoisotopic (exact) mass is 411 g/mol. The molecule has 28 heavy (non-hydrogen) atoms. The van der Waals surface area contributed by atoms with Gasteiger partial charge in [-0.3, -0.25) is 4.79 Å². The van der Waals surface area contributed by atoms with E-state index in [0.29, 0.717) is 29.7 Å². The Hall–Kier alpha value is -2.15. The number of rotatable bonds is 9. The molecule has 0 aromatic heterocycles. The maximum atomic E-state index is 11.9. The van der Waals surface area contributed by atoms with Gasteiger partial charge < -0.3 is 29.7 Å². The Morgan fingerprint density at radius 3 is 2.71 bits per heavy atom. The highest BCUT2D eigenvalue weighted by atomic mass is 31.2. The zero-order valence-electron chi connectivity index (χ0n) is 16.2. The molecule has 154 valence electrons. The molecule has 0 saturated heterocycles. The molecule has 0 radical (unpaired) electrons. The van der Waals surface area contributed by atoms with Crippen molar-refractivity contribution in [3.05, 3.63) is 33.9 Å². The Kier molecular flexibility index (Phi) is 7.80. The van der Waals surface area contributed by atoms with Gasteiger partial charge in [0.25, 0.3) is 0 Å². The molecule has 0 bridgehead atoms. The quantitative estimate of drug-likeness (QED) is 0.278. The molecule has 1 aromatic rings. The zero-order chi connectivity index (χ0) is 20.8. The maximum absolute atomic E-state index is 11.9. The number of hydrogen-bond acceptors (Lipinski definition) is 7. The molecule has 1 aliphatic heterocycles. The molecule has 1 aliphatic rings. The van der Waals surface area contributed by atoms with Crippen LogP contribution in [0, 0.1) is 6.92 Å². The van der Waals surface area contributed by atoms with Gasteiger partial charge in [0, 0.05) is 30.3 Å². The van der Waals surface area contributed by atoms with Crippen molar-refractivity contribution in [1.29, 1.82) is 0 Å². The second-order valence-corrected chi connectivity index (χ2v) is 7.81. The largest absolute Gasteiger partial charge is 0.507 e. The van der Waals surface area contributed by atoms with E-state index in [1.54, 1.807) is 0 Å². The van der Waals surface area contributed by atoms with Gasteiger partial charge in [0.2, 0.25) is 5.91 Å². The van der Waals surface area contributed by atoms with E-state index in [4.69, 9.17) is 19.3 Å². The molecule has 0 spiro atoms. The summed E-state index contributed by atoms with van der Waals surface area (Å²) in [5, 5.41) is 13.2. The highest BCUT2D eigenvalue weighted by molar-refractivity contribution is 7.45. The smallest absolute Gasteiger partial charge is 0.342 e. The molecule has 9 heteroatoms. The first-order valence-corrected chi connectivity index (χ1v) is 10.4. The third-order valence-electron chi connectivity index (χ3n) is 4.68. The third-order valence-corrected chi connectivity index (χ3v) is 5.31. The number of ether oxygens (including phenoxy) is 2. The van der Waals surface area contributed by atoms with E-state index >= 15 is 0 Å². The molecule has 0 saturated carbocycles. The molecule has 0 unspecified atom stereocenters. The predicted octanol–water partition coefficient (Wildman–Crippen LogP) is 2.06. The molecular formula is C19H26NO7P. The van der Waals surface area contributed by atoms with Crippen molar-refractivity contribution in [3.8, 4) is 11.5 Å². The number of carbonyl (C=O) groups excluding carboxylic acids is 2. The van der Waals surface area contributed by atoms with Gasteiger partial charge >= 0.3 is 5.97 Å². The standard InChI is InChI=1S/C19H26NO7P/c1-11(5-7-15(21)20-8-9-28(24)25)4-6-13-17(22)16-14(10-27-19(16)23)12(2)18(13)26-3/h4,22,24-25H,5-10H2,1-3H3,(H,20,21)/b11-4+. The molecule has 0 atom stereocenters. The van der Waals surface area contributed by atoms with E-state index in [2.05, 4.69) is 5.32 Å². The van der Waals surface area contributed by atoms with Crippen LogP contribution in [-0.4, -0.2) is 46.6 Å². The fourth-order valence-corrected chi connectivity index (χ4v) is 3.41. The average Bonchev–Trinajstić information content (AvgIpc) is 3.03. The Morgan fingerprint density at radius 2 is 2.07 bits per heavy atom. The molecule has 0 aliphatic carbocycles. The van der Waals surface area contributed by atoms with Crippen LogP contribution in [0.5, 0.6) is 11.5 Å². The van der Waals surface area contributed by atoms with Gasteiger partial charge in [-0.1, -0.05) is 11.6 Å². The summed E-state index contributed by atoms with van der Waals surface area (Å²) in [4.78, 5) is 41.3. The molecule has 1 heterocycles. The van der Waals surface area contributed by atoms with Gasteiger partial charge in [0.1, 0.15) is 23.7 Å². The van der Waals surface area contributed by atoms with Crippen LogP contribution in [0.1, 0.15) is 46.8 Å². The summed E-state index contributed by atoms with van der Waals surface area (Å²) < 4.78 is 10.5. The molecule has 1 aromatic carbocycles. The molecule has 4 N–H and O–H groups in total. The summed E-state index contributed by atoms with van der Waals surface area (Å²) in [5.74, 6) is -0.292. The third kappa shape index (κ3) is 5.22. The second kappa shape index (κ2) is 9.87. The van der Waals surface area contributed by atoms with Crippen molar-refractivity contribution >= 4 is 20.3 Å². The lowest BCUT2D eigenvalue weighted by Crippen LogP contribution is -2.25. The second-order valence-electron chi connectivity index (χ2n) is 6.62. The lowest BCUT2D eigenvalue weighted by molar-refractivity contribution is -0.120. The SMILES string of the molecule is COc1c(C)c2c(c(O)c1C/C=C(\C)CCC(=O)NCCP(O)O)C(=O)OC2. The molecule has 2 rings (SSSR count). The van der Waals surface area contributed by atoms with Crippen molar-refractivity contribution in [2.75, 3.05) is 19.8 Å². The minimum atomic E-state index is -2.00. The number of aromatic hydroxyl groups is 1. The first kappa shape index (κ1) is 22.1. The van der Waals surface area contributed by atoms with E-state index in [1.807, 2.05) is 19.9 Å². The van der Waals surface area contributed by atoms with E-state index in [1.165, 1.54) is 7.11 Å². The minimum absolute atomic E-state index is 0.119. The van der Waals surface area contributed by atoms with Gasteiger partial charge in [-0.15, -0.1) is 0 Å². The number of fused-ring (bicyclic) bond motifs is 1. The van der Waals surface area contributed by atoms with E-state index in [-0.39, 0.29) is 43.0 Å². The van der Waals surface area contributed by atoms with Crippen LogP contribution in [0.2, 0.25) is 0 Å². The normalized spacial score (nSPS) is 13.5. The van der Waals surface area contributed by atoms with Gasteiger partial charge in [0.05, 0.1) is 7.11 Å². The number of methoxy groups -OCH3 is 1. The van der Waals surface area contributed by atoms with Crippen LogP contribution in [0.15, 0.2) is 11.6 Å². The number of benzene rings is 1. The van der Waals surface area contributed by atoms with Crippen molar-refractivity contribution in [3.63, 3.8) is 0 Å². The predicted molar refractivity (Wildman–Crippen MR) is 104 cm³/mol. The average molecular weight is 411 g/mol. The number of cyclic esters (lactones) is 1. The Balaban J connectivity index is 2.05. The number of phenolic OH excluding ortho intramolecular Hbond substituents is 1. The highest BCUT2D eigenvalue weighted by Gasteiger charge is 2.31. The van der Waals surface area contributed by atoms with Gasteiger partial charge in [0.15, 0.2) is 8.38 Å². The van der Waals surface area contributed by atoms with E-state index in [9.17, 15) is 14.7 Å². The summed E-state index contributed by atoms with van der Waals surface area (Å²) in [7, 11) is -0.480.